The van der Waals surface area contributed by atoms with Gasteiger partial charge in [0.2, 0.25) is 0 Å². The van der Waals surface area contributed by atoms with Gasteiger partial charge in [-0.1, -0.05) is 18.2 Å². The number of nitrogens with one attached hydrogen (secondary N) is 1. The summed E-state index contributed by atoms with van der Waals surface area (Å²) in [5.74, 6) is 0.174. The van der Waals surface area contributed by atoms with E-state index in [1.54, 1.807) is 0 Å². The molecule has 0 saturated heterocycles. The van der Waals surface area contributed by atoms with Crippen molar-refractivity contribution in [3.05, 3.63) is 47.3 Å². The van der Waals surface area contributed by atoms with Crippen LogP contribution in [0, 0.1) is 6.92 Å². The monoisotopic (exact) mass is 226 g/mol. The van der Waals surface area contributed by atoms with Crippen molar-refractivity contribution in [2.75, 3.05) is 5.32 Å². The zero-order chi connectivity index (χ0) is 12.0. The van der Waals surface area contributed by atoms with Gasteiger partial charge in [0, 0.05) is 25.4 Å². The van der Waals surface area contributed by atoms with E-state index in [1.165, 1.54) is 0 Å². The van der Waals surface area contributed by atoms with Crippen molar-refractivity contribution in [3.8, 4) is 0 Å². The Labute approximate surface area is 100 Å². The van der Waals surface area contributed by atoms with Gasteiger partial charge in [-0.3, -0.25) is 4.79 Å². The highest BCUT2D eigenvalue weighted by molar-refractivity contribution is 6.04. The number of aromatic nitrogens is 1. The third-order valence-electron chi connectivity index (χ3n) is 3.26. The fourth-order valence-corrected chi connectivity index (χ4v) is 2.46. The molecule has 1 N–H and O–H groups in total. The Morgan fingerprint density at radius 2 is 2.06 bits per heavy atom. The molecule has 86 valence electrons. The molecule has 0 saturated carbocycles. The molecule has 17 heavy (non-hydrogen) atoms. The second-order valence-corrected chi connectivity index (χ2v) is 4.53. The number of benzene rings is 1. The Hall–Kier alpha value is -2.03. The summed E-state index contributed by atoms with van der Waals surface area (Å²) in [6, 6.07) is 7.97. The molecule has 0 aliphatic carbocycles. The van der Waals surface area contributed by atoms with Gasteiger partial charge in [-0.15, -0.1) is 0 Å². The van der Waals surface area contributed by atoms with E-state index in [4.69, 9.17) is 0 Å². The summed E-state index contributed by atoms with van der Waals surface area (Å²) in [6.45, 7) is 2.02. The van der Waals surface area contributed by atoms with Gasteiger partial charge in [-0.25, -0.2) is 0 Å². The molecule has 0 atom stereocenters. The molecule has 0 amide bonds. The summed E-state index contributed by atoms with van der Waals surface area (Å²) in [4.78, 5) is 12.2. The Morgan fingerprint density at radius 3 is 2.88 bits per heavy atom. The van der Waals surface area contributed by atoms with E-state index in [9.17, 15) is 4.79 Å². The lowest BCUT2D eigenvalue weighted by Crippen LogP contribution is -2.07. The SMILES string of the molecule is Cc1cn(C)c2c1Nc1ccccc1CC2=O. The van der Waals surface area contributed by atoms with Gasteiger partial charge >= 0.3 is 0 Å². The molecule has 3 heteroatoms. The first-order valence-corrected chi connectivity index (χ1v) is 5.71. The number of hydrogen-bond donors (Lipinski definition) is 1. The Morgan fingerprint density at radius 1 is 1.29 bits per heavy atom. The van der Waals surface area contributed by atoms with Gasteiger partial charge in [0.25, 0.3) is 0 Å². The highest BCUT2D eigenvalue weighted by Gasteiger charge is 2.23. The number of aryl methyl sites for hydroxylation is 2. The van der Waals surface area contributed by atoms with Crippen LogP contribution in [0.4, 0.5) is 11.4 Å². The zero-order valence-electron chi connectivity index (χ0n) is 9.95. The molecule has 0 radical (unpaired) electrons. The van der Waals surface area contributed by atoms with E-state index in [0.29, 0.717) is 6.42 Å². The second-order valence-electron chi connectivity index (χ2n) is 4.53. The number of carbonyl (C=O) groups excluding carboxylic acids is 1. The summed E-state index contributed by atoms with van der Waals surface area (Å²) in [7, 11) is 1.92. The Bertz CT molecular complexity index is 611. The molecule has 3 rings (SSSR count). The summed E-state index contributed by atoms with van der Waals surface area (Å²) in [6.07, 6.45) is 2.46. The number of Topliss-reactive ketones (excluding diaryl/α,β-unsaturated/α-hetero) is 1. The topological polar surface area (TPSA) is 34.0 Å². The van der Waals surface area contributed by atoms with Crippen molar-refractivity contribution in [2.45, 2.75) is 13.3 Å². The van der Waals surface area contributed by atoms with E-state index in [-0.39, 0.29) is 5.78 Å². The van der Waals surface area contributed by atoms with E-state index < -0.39 is 0 Å². The number of ketones is 1. The van der Waals surface area contributed by atoms with Crippen LogP contribution in [0.3, 0.4) is 0 Å². The molecule has 0 fully saturated rings. The van der Waals surface area contributed by atoms with Crippen molar-refractivity contribution in [1.29, 1.82) is 0 Å². The summed E-state index contributed by atoms with van der Waals surface area (Å²) >= 11 is 0. The predicted molar refractivity (Wildman–Crippen MR) is 67.9 cm³/mol. The first kappa shape index (κ1) is 10.1. The average Bonchev–Trinajstić information content (AvgIpc) is 2.49. The van der Waals surface area contributed by atoms with Crippen molar-refractivity contribution in [2.24, 2.45) is 7.05 Å². The number of hydrogen-bond acceptors (Lipinski definition) is 2. The van der Waals surface area contributed by atoms with Crippen LogP contribution in [0.25, 0.3) is 0 Å². The molecule has 3 nitrogen and oxygen atoms in total. The molecule has 0 spiro atoms. The van der Waals surface area contributed by atoms with E-state index >= 15 is 0 Å². The minimum atomic E-state index is 0.174. The van der Waals surface area contributed by atoms with E-state index in [2.05, 4.69) is 5.32 Å². The summed E-state index contributed by atoms with van der Waals surface area (Å²) < 4.78 is 1.91. The van der Waals surface area contributed by atoms with Gasteiger partial charge in [-0.2, -0.15) is 0 Å². The van der Waals surface area contributed by atoms with Gasteiger partial charge < -0.3 is 9.88 Å². The van der Waals surface area contributed by atoms with E-state index in [1.807, 2.05) is 49.0 Å². The van der Waals surface area contributed by atoms with Crippen LogP contribution in [-0.4, -0.2) is 10.4 Å². The standard InChI is InChI=1S/C14H14N2O/c1-9-8-16(2)14-12(17)7-10-5-3-4-6-11(10)15-13(9)14/h3-6,8,15H,7H2,1-2H3. The van der Waals surface area contributed by atoms with Gasteiger partial charge in [0.1, 0.15) is 5.69 Å². The second kappa shape index (κ2) is 3.48. The van der Waals surface area contributed by atoms with Gasteiger partial charge in [0.05, 0.1) is 5.69 Å². The smallest absolute Gasteiger partial charge is 0.185 e. The van der Waals surface area contributed by atoms with Crippen LogP contribution in [0.2, 0.25) is 0 Å². The largest absolute Gasteiger partial charge is 0.353 e. The molecule has 0 unspecified atom stereocenters. The minimum Gasteiger partial charge on any atom is -0.353 e. The van der Waals surface area contributed by atoms with E-state index in [0.717, 1.165) is 28.2 Å². The first-order valence-electron chi connectivity index (χ1n) is 5.71. The van der Waals surface area contributed by atoms with Crippen LogP contribution in [0.1, 0.15) is 21.6 Å². The van der Waals surface area contributed by atoms with Gasteiger partial charge in [0.15, 0.2) is 5.78 Å². The quantitative estimate of drug-likeness (QED) is 0.749. The molecular weight excluding hydrogens is 212 g/mol. The zero-order valence-corrected chi connectivity index (χ0v) is 9.95. The van der Waals surface area contributed by atoms with Crippen molar-refractivity contribution in [3.63, 3.8) is 0 Å². The number of carbonyl (C=O) groups is 1. The summed E-state index contributed by atoms with van der Waals surface area (Å²) in [5, 5.41) is 3.38. The van der Waals surface area contributed by atoms with Crippen LogP contribution in [-0.2, 0) is 13.5 Å². The fraction of sp³-hybridized carbons (Fsp3) is 0.214. The molecule has 2 aromatic rings. The molecule has 0 bridgehead atoms. The van der Waals surface area contributed by atoms with Crippen LogP contribution >= 0.6 is 0 Å². The fourth-order valence-electron chi connectivity index (χ4n) is 2.46. The number of anilines is 2. The van der Waals surface area contributed by atoms with Crippen LogP contribution < -0.4 is 5.32 Å². The number of fused-ring (bicyclic) bond motifs is 2. The Kier molecular flexibility index (Phi) is 2.08. The van der Waals surface area contributed by atoms with Crippen molar-refractivity contribution >= 4 is 17.2 Å². The molecule has 1 aliphatic rings. The lowest BCUT2D eigenvalue weighted by atomic mass is 10.1. The van der Waals surface area contributed by atoms with Crippen LogP contribution in [0.15, 0.2) is 30.5 Å². The average molecular weight is 226 g/mol. The number of rotatable bonds is 0. The molecular formula is C14H14N2O. The predicted octanol–water partition coefficient (Wildman–Crippen LogP) is 2.82. The highest BCUT2D eigenvalue weighted by Crippen LogP contribution is 2.32. The maximum atomic E-state index is 12.2. The summed E-state index contributed by atoms with van der Waals surface area (Å²) in [5.41, 5.74) is 4.93. The normalized spacial score (nSPS) is 13.6. The minimum absolute atomic E-state index is 0.174. The molecule has 1 aliphatic heterocycles. The number of nitrogens with zero attached hydrogens (tertiary/aromatic N) is 1. The maximum absolute atomic E-state index is 12.2. The van der Waals surface area contributed by atoms with Crippen molar-refractivity contribution in [1.82, 2.24) is 4.57 Å². The highest BCUT2D eigenvalue weighted by atomic mass is 16.1. The molecule has 1 aromatic heterocycles. The Balaban J connectivity index is 2.23. The van der Waals surface area contributed by atoms with Crippen LogP contribution in [0.5, 0.6) is 0 Å². The van der Waals surface area contributed by atoms with Gasteiger partial charge in [-0.05, 0) is 24.1 Å². The number of para-hydroxylation sites is 1. The third kappa shape index (κ3) is 1.46. The molecule has 1 aromatic carbocycles. The first-order chi connectivity index (χ1) is 8.16. The third-order valence-corrected chi connectivity index (χ3v) is 3.26. The lowest BCUT2D eigenvalue weighted by molar-refractivity contribution is 0.0987. The van der Waals surface area contributed by atoms with Crippen molar-refractivity contribution < 1.29 is 4.79 Å². The maximum Gasteiger partial charge on any atom is 0.185 e. The lowest BCUT2D eigenvalue weighted by Gasteiger charge is -2.07. The molecule has 2 heterocycles.